The maximum absolute atomic E-state index is 5.61. The maximum Gasteiger partial charge on any atom is 0.165 e. The number of nitrogens with zero attached hydrogens (tertiary/aromatic N) is 4. The highest BCUT2D eigenvalue weighted by atomic mass is 15.1. The van der Waals surface area contributed by atoms with Crippen LogP contribution in [-0.2, 0) is 10.8 Å². The first-order valence-electron chi connectivity index (χ1n) is 21.2. The third-order valence-electron chi connectivity index (χ3n) is 13.5. The average Bonchev–Trinajstić information content (AvgIpc) is 3.78. The fourth-order valence-electron chi connectivity index (χ4n) is 10.2. The fourth-order valence-corrected chi connectivity index (χ4v) is 10.2. The zero-order valence-electron chi connectivity index (χ0n) is 34.4. The number of para-hydroxylation sites is 3. The van der Waals surface area contributed by atoms with E-state index in [1.807, 2.05) is 0 Å². The Balaban J connectivity index is 1.27. The van der Waals surface area contributed by atoms with Crippen molar-refractivity contribution in [1.82, 2.24) is 19.1 Å². The monoisotopic (exact) mass is 772 g/mol. The summed E-state index contributed by atoms with van der Waals surface area (Å²) in [6, 6.07) is 61.9. The summed E-state index contributed by atoms with van der Waals surface area (Å²) in [5.74, 6) is 0.832. The van der Waals surface area contributed by atoms with Crippen molar-refractivity contribution in [3.63, 3.8) is 0 Å². The molecule has 0 unspecified atom stereocenters. The molecular weight excluding hydrogens is 729 g/mol. The van der Waals surface area contributed by atoms with Crippen molar-refractivity contribution in [2.24, 2.45) is 0 Å². The molecule has 60 heavy (non-hydrogen) atoms. The first-order chi connectivity index (χ1) is 29.2. The SMILES string of the molecule is CC1(C)CCC(C)(C)c2cc3c(cc21)c1cc2c4ccc5ccccc5c4n(-c4ccccc4)c2cc1n3-c1nc2ccccc2nc1-c1cccc(-c2ccccc2)c1. The van der Waals surface area contributed by atoms with Gasteiger partial charge in [0, 0.05) is 38.2 Å². The van der Waals surface area contributed by atoms with Crippen LogP contribution in [0.4, 0.5) is 0 Å². The van der Waals surface area contributed by atoms with Gasteiger partial charge in [-0.1, -0.05) is 143 Å². The summed E-state index contributed by atoms with van der Waals surface area (Å²) >= 11 is 0. The lowest BCUT2D eigenvalue weighted by Gasteiger charge is -2.42. The third-order valence-corrected chi connectivity index (χ3v) is 13.5. The van der Waals surface area contributed by atoms with Gasteiger partial charge >= 0.3 is 0 Å². The van der Waals surface area contributed by atoms with Crippen molar-refractivity contribution in [2.45, 2.75) is 51.4 Å². The average molecular weight is 773 g/mol. The predicted molar refractivity (Wildman–Crippen MR) is 252 cm³/mol. The van der Waals surface area contributed by atoms with Crippen LogP contribution in [0, 0.1) is 0 Å². The van der Waals surface area contributed by atoms with Crippen LogP contribution in [-0.4, -0.2) is 19.1 Å². The number of aromatic nitrogens is 4. The van der Waals surface area contributed by atoms with Crippen LogP contribution in [0.2, 0.25) is 0 Å². The molecule has 3 aromatic heterocycles. The second-order valence-electron chi connectivity index (χ2n) is 18.1. The summed E-state index contributed by atoms with van der Waals surface area (Å²) in [7, 11) is 0. The Kier molecular flexibility index (Phi) is 7.41. The van der Waals surface area contributed by atoms with Gasteiger partial charge in [-0.05, 0) is 106 Å². The minimum atomic E-state index is 0.0219. The fraction of sp³-hybridized carbons (Fsp3) is 0.143. The summed E-state index contributed by atoms with van der Waals surface area (Å²) < 4.78 is 4.92. The molecule has 1 aliphatic rings. The molecule has 0 saturated carbocycles. The first-order valence-corrected chi connectivity index (χ1v) is 21.2. The number of hydrogen-bond donors (Lipinski definition) is 0. The molecule has 1 aliphatic carbocycles. The topological polar surface area (TPSA) is 35.6 Å². The number of rotatable bonds is 4. The van der Waals surface area contributed by atoms with Gasteiger partial charge < -0.3 is 4.57 Å². The third kappa shape index (κ3) is 5.16. The van der Waals surface area contributed by atoms with E-state index in [2.05, 4.69) is 207 Å². The van der Waals surface area contributed by atoms with Gasteiger partial charge in [-0.25, -0.2) is 9.97 Å². The van der Waals surface area contributed by atoms with E-state index in [-0.39, 0.29) is 10.8 Å². The smallest absolute Gasteiger partial charge is 0.165 e. The van der Waals surface area contributed by atoms with Crippen LogP contribution < -0.4 is 0 Å². The van der Waals surface area contributed by atoms with Gasteiger partial charge in [0.25, 0.3) is 0 Å². The largest absolute Gasteiger partial charge is 0.309 e. The molecule has 0 atom stereocenters. The van der Waals surface area contributed by atoms with Crippen molar-refractivity contribution in [2.75, 3.05) is 0 Å². The van der Waals surface area contributed by atoms with Crippen molar-refractivity contribution in [1.29, 1.82) is 0 Å². The second kappa shape index (κ2) is 12.7. The summed E-state index contributed by atoms with van der Waals surface area (Å²) in [5, 5.41) is 7.43. The Bertz CT molecular complexity index is 3530. The second-order valence-corrected chi connectivity index (χ2v) is 18.1. The number of fused-ring (bicyclic) bond motifs is 10. The van der Waals surface area contributed by atoms with Crippen LogP contribution in [0.1, 0.15) is 51.7 Å². The molecule has 0 N–H and O–H groups in total. The molecule has 0 spiro atoms. The highest BCUT2D eigenvalue weighted by Crippen LogP contribution is 2.50. The minimum absolute atomic E-state index is 0.0219. The molecule has 4 heteroatoms. The van der Waals surface area contributed by atoms with Crippen molar-refractivity contribution >= 4 is 65.4 Å². The molecule has 12 rings (SSSR count). The van der Waals surface area contributed by atoms with E-state index in [9.17, 15) is 0 Å². The lowest BCUT2D eigenvalue weighted by Crippen LogP contribution is -2.33. The molecule has 8 aromatic carbocycles. The Hall–Kier alpha value is -7.04. The molecule has 3 heterocycles. The highest BCUT2D eigenvalue weighted by molar-refractivity contribution is 6.23. The van der Waals surface area contributed by atoms with Crippen LogP contribution >= 0.6 is 0 Å². The molecule has 11 aromatic rings. The van der Waals surface area contributed by atoms with E-state index in [0.29, 0.717) is 0 Å². The quantitative estimate of drug-likeness (QED) is 0.179. The van der Waals surface area contributed by atoms with Gasteiger partial charge in [0.15, 0.2) is 5.82 Å². The zero-order chi connectivity index (χ0) is 40.3. The van der Waals surface area contributed by atoms with E-state index in [1.165, 1.54) is 54.5 Å². The van der Waals surface area contributed by atoms with Gasteiger partial charge in [0.05, 0.1) is 33.1 Å². The Morgan fingerprint density at radius 1 is 0.417 bits per heavy atom. The van der Waals surface area contributed by atoms with Gasteiger partial charge in [0.1, 0.15) is 5.69 Å². The lowest BCUT2D eigenvalue weighted by atomic mass is 9.63. The zero-order valence-corrected chi connectivity index (χ0v) is 34.4. The summed E-state index contributed by atoms with van der Waals surface area (Å²) in [4.78, 5) is 11.1. The van der Waals surface area contributed by atoms with E-state index in [4.69, 9.17) is 9.97 Å². The Morgan fingerprint density at radius 2 is 1.00 bits per heavy atom. The Morgan fingerprint density at radius 3 is 1.78 bits per heavy atom. The van der Waals surface area contributed by atoms with Crippen LogP contribution in [0.15, 0.2) is 170 Å². The van der Waals surface area contributed by atoms with E-state index < -0.39 is 0 Å². The van der Waals surface area contributed by atoms with Gasteiger partial charge in [-0.15, -0.1) is 0 Å². The molecule has 0 bridgehead atoms. The van der Waals surface area contributed by atoms with Gasteiger partial charge in [-0.3, -0.25) is 4.57 Å². The number of benzene rings is 8. The van der Waals surface area contributed by atoms with Crippen molar-refractivity contribution in [3.8, 4) is 33.9 Å². The maximum atomic E-state index is 5.61. The minimum Gasteiger partial charge on any atom is -0.309 e. The molecular formula is C56H44N4. The van der Waals surface area contributed by atoms with Crippen molar-refractivity contribution < 1.29 is 0 Å². The first kappa shape index (κ1) is 35.0. The molecule has 0 radical (unpaired) electrons. The molecule has 0 saturated heterocycles. The summed E-state index contributed by atoms with van der Waals surface area (Å²) in [6.07, 6.45) is 2.29. The van der Waals surface area contributed by atoms with E-state index >= 15 is 0 Å². The molecule has 0 aliphatic heterocycles. The highest BCUT2D eigenvalue weighted by Gasteiger charge is 2.38. The summed E-state index contributed by atoms with van der Waals surface area (Å²) in [5.41, 5.74) is 14.7. The van der Waals surface area contributed by atoms with Gasteiger partial charge in [0.2, 0.25) is 0 Å². The standard InChI is InChI=1S/C56H44N4/c1-55(2)28-29-56(3,4)46-33-49-44(32-45(46)55)43-31-42-41-27-26-36-18-11-12-23-40(36)53(41)59(39-21-9-6-10-22-39)50(42)34-51(43)60(49)54-52(57-47-24-13-14-25-48(47)58-54)38-20-15-19-37(30-38)35-16-7-5-8-17-35/h5-27,30-34H,28-29H2,1-4H3. The van der Waals surface area contributed by atoms with Crippen LogP contribution in [0.3, 0.4) is 0 Å². The summed E-state index contributed by atoms with van der Waals surface area (Å²) in [6.45, 7) is 9.69. The van der Waals surface area contributed by atoms with Crippen LogP contribution in [0.25, 0.3) is 99.3 Å². The predicted octanol–water partition coefficient (Wildman–Crippen LogP) is 14.7. The Labute approximate surface area is 349 Å². The van der Waals surface area contributed by atoms with Crippen molar-refractivity contribution in [3.05, 3.63) is 181 Å². The normalized spacial score (nSPS) is 14.8. The molecule has 0 fully saturated rings. The van der Waals surface area contributed by atoms with Gasteiger partial charge in [-0.2, -0.15) is 0 Å². The number of hydrogen-bond acceptors (Lipinski definition) is 2. The molecule has 4 nitrogen and oxygen atoms in total. The van der Waals surface area contributed by atoms with E-state index in [0.717, 1.165) is 68.8 Å². The van der Waals surface area contributed by atoms with E-state index in [1.54, 1.807) is 0 Å². The lowest BCUT2D eigenvalue weighted by molar-refractivity contribution is 0.332. The van der Waals surface area contributed by atoms with Crippen LogP contribution in [0.5, 0.6) is 0 Å². The molecule has 288 valence electrons. The molecule has 0 amide bonds.